The topological polar surface area (TPSA) is 82.6 Å². The van der Waals surface area contributed by atoms with Crippen LogP contribution in [0.5, 0.6) is 5.75 Å². The Morgan fingerprint density at radius 1 is 1.18 bits per heavy atom. The summed E-state index contributed by atoms with van der Waals surface area (Å²) in [6, 6.07) is 9.27. The molecule has 1 unspecified atom stereocenters. The zero-order chi connectivity index (χ0) is 27.6. The average molecular weight is 565 g/mol. The van der Waals surface area contributed by atoms with Crippen LogP contribution in [0.3, 0.4) is 0 Å². The van der Waals surface area contributed by atoms with Crippen LogP contribution in [0.2, 0.25) is 5.02 Å². The van der Waals surface area contributed by atoms with Crippen LogP contribution in [0, 0.1) is 11.7 Å². The third-order valence-electron chi connectivity index (χ3n) is 7.82. The van der Waals surface area contributed by atoms with E-state index in [0.717, 1.165) is 45.1 Å². The highest BCUT2D eigenvalue weighted by molar-refractivity contribution is 6.31. The second-order valence-electron chi connectivity index (χ2n) is 11.1. The van der Waals surface area contributed by atoms with Gasteiger partial charge in [-0.1, -0.05) is 17.7 Å². The summed E-state index contributed by atoms with van der Waals surface area (Å²) in [6.07, 6.45) is 9.95. The van der Waals surface area contributed by atoms with Crippen LogP contribution in [0.25, 0.3) is 10.9 Å². The van der Waals surface area contributed by atoms with Crippen molar-refractivity contribution in [1.82, 2.24) is 19.8 Å². The summed E-state index contributed by atoms with van der Waals surface area (Å²) in [4.78, 5) is 26.8. The van der Waals surface area contributed by atoms with E-state index in [0.29, 0.717) is 52.4 Å². The van der Waals surface area contributed by atoms with Crippen molar-refractivity contribution < 1.29 is 13.9 Å². The van der Waals surface area contributed by atoms with Gasteiger partial charge in [0, 0.05) is 61.5 Å². The molecule has 1 atom stereocenters. The molecule has 210 valence electrons. The van der Waals surface area contributed by atoms with Crippen LogP contribution < -0.4 is 15.4 Å². The molecule has 1 aliphatic heterocycles. The Kier molecular flexibility index (Phi) is 7.87. The normalized spacial score (nSPS) is 20.2. The van der Waals surface area contributed by atoms with E-state index in [1.807, 2.05) is 18.2 Å². The molecule has 10 heteroatoms. The maximum Gasteiger partial charge on any atom is 0.248 e. The van der Waals surface area contributed by atoms with Gasteiger partial charge in [-0.05, 0) is 62.8 Å². The maximum atomic E-state index is 13.7. The highest BCUT2D eigenvalue weighted by Gasteiger charge is 2.33. The molecule has 6 rings (SSSR count). The number of aromatic nitrogens is 2. The molecule has 1 saturated heterocycles. The number of carbonyl (C=O) groups excluding carboxylic acids is 1. The first-order valence-corrected chi connectivity index (χ1v) is 14.4. The zero-order valence-corrected chi connectivity index (χ0v) is 23.3. The number of benzene rings is 2. The fourth-order valence-corrected chi connectivity index (χ4v) is 5.32. The fourth-order valence-electron chi connectivity index (χ4n) is 5.14. The molecule has 3 fully saturated rings. The number of hydrogen-bond donors (Lipinski definition) is 2. The molecule has 2 heterocycles. The number of hydrogen-bond acceptors (Lipinski definition) is 7. The van der Waals surface area contributed by atoms with Crippen molar-refractivity contribution in [2.45, 2.75) is 44.7 Å². The van der Waals surface area contributed by atoms with Crippen molar-refractivity contribution in [3.05, 3.63) is 59.7 Å². The Balaban J connectivity index is 1.18. The standard InChI is InChI=1S/C30H34ClFN6O2/c1-19-16-38(22-7-8-22)12-11-37(19)10-2-3-29(39)36-27-14-23-26(15-28(27)40-17-20-4-5-20)33-18-34-30(23)35-21-6-9-25(32)24(31)13-21/h2-3,6,9,13-15,18-20,22H,4-5,7-8,10-12,16-17H2,1H3,(H,36,39)(H,33,34,35). The molecule has 0 radical (unpaired) electrons. The van der Waals surface area contributed by atoms with Crippen molar-refractivity contribution in [2.75, 3.05) is 43.4 Å². The van der Waals surface area contributed by atoms with Crippen molar-refractivity contribution >= 4 is 45.6 Å². The molecule has 0 bridgehead atoms. The number of ether oxygens (including phenoxy) is 1. The largest absolute Gasteiger partial charge is 0.491 e. The molecule has 2 N–H and O–H groups in total. The molecule has 2 aromatic carbocycles. The number of halogens is 2. The number of piperazine rings is 1. The number of nitrogens with zero attached hydrogens (tertiary/aromatic N) is 4. The van der Waals surface area contributed by atoms with Crippen LogP contribution in [0.1, 0.15) is 32.6 Å². The Morgan fingerprint density at radius 2 is 2.02 bits per heavy atom. The van der Waals surface area contributed by atoms with E-state index in [1.54, 1.807) is 12.1 Å². The van der Waals surface area contributed by atoms with Gasteiger partial charge in [0.25, 0.3) is 0 Å². The first-order valence-electron chi connectivity index (χ1n) is 14.0. The van der Waals surface area contributed by atoms with E-state index in [4.69, 9.17) is 16.3 Å². The number of rotatable bonds is 10. The van der Waals surface area contributed by atoms with Crippen LogP contribution in [-0.2, 0) is 4.79 Å². The highest BCUT2D eigenvalue weighted by atomic mass is 35.5. The summed E-state index contributed by atoms with van der Waals surface area (Å²) in [5, 5.41) is 6.88. The number of nitrogens with one attached hydrogen (secondary N) is 2. The van der Waals surface area contributed by atoms with Crippen molar-refractivity contribution in [2.24, 2.45) is 5.92 Å². The average Bonchev–Trinajstić information content (AvgIpc) is 3.85. The van der Waals surface area contributed by atoms with E-state index < -0.39 is 5.82 Å². The third-order valence-corrected chi connectivity index (χ3v) is 8.11. The number of carbonyl (C=O) groups is 1. The van der Waals surface area contributed by atoms with Gasteiger partial charge in [0.05, 0.1) is 22.8 Å². The minimum absolute atomic E-state index is 0.0121. The molecule has 2 aliphatic carbocycles. The third kappa shape index (κ3) is 6.54. The summed E-state index contributed by atoms with van der Waals surface area (Å²) in [5.74, 6) is 0.904. The van der Waals surface area contributed by atoms with E-state index >= 15 is 0 Å². The second-order valence-corrected chi connectivity index (χ2v) is 11.5. The number of fused-ring (bicyclic) bond motifs is 1. The lowest BCUT2D eigenvalue weighted by Crippen LogP contribution is -2.52. The Bertz CT molecular complexity index is 1430. The summed E-state index contributed by atoms with van der Waals surface area (Å²) in [5.41, 5.74) is 1.79. The van der Waals surface area contributed by atoms with E-state index in [-0.39, 0.29) is 10.9 Å². The Labute approximate surface area is 238 Å². The van der Waals surface area contributed by atoms with Crippen LogP contribution in [0.4, 0.5) is 21.6 Å². The fraction of sp³-hybridized carbons (Fsp3) is 0.433. The first kappa shape index (κ1) is 26.9. The van der Waals surface area contributed by atoms with E-state index in [9.17, 15) is 9.18 Å². The molecule has 8 nitrogen and oxygen atoms in total. The van der Waals surface area contributed by atoms with Gasteiger partial charge in [-0.3, -0.25) is 14.6 Å². The highest BCUT2D eigenvalue weighted by Crippen LogP contribution is 2.36. The van der Waals surface area contributed by atoms with Gasteiger partial charge in [-0.25, -0.2) is 14.4 Å². The van der Waals surface area contributed by atoms with Gasteiger partial charge in [0.15, 0.2) is 0 Å². The molecule has 3 aliphatic rings. The van der Waals surface area contributed by atoms with Crippen LogP contribution in [0.15, 0.2) is 48.8 Å². The van der Waals surface area contributed by atoms with E-state index in [2.05, 4.69) is 37.3 Å². The van der Waals surface area contributed by atoms with Gasteiger partial charge >= 0.3 is 0 Å². The molecular formula is C30H34ClFN6O2. The van der Waals surface area contributed by atoms with E-state index in [1.165, 1.54) is 31.3 Å². The zero-order valence-electron chi connectivity index (χ0n) is 22.6. The lowest BCUT2D eigenvalue weighted by Gasteiger charge is -2.39. The minimum atomic E-state index is -0.495. The Hall–Kier alpha value is -3.27. The minimum Gasteiger partial charge on any atom is -0.491 e. The molecule has 0 spiro atoms. The van der Waals surface area contributed by atoms with Gasteiger partial charge in [0.1, 0.15) is 23.7 Å². The lowest BCUT2D eigenvalue weighted by atomic mass is 10.1. The molecular weight excluding hydrogens is 531 g/mol. The second kappa shape index (κ2) is 11.7. The molecule has 3 aromatic rings. The van der Waals surface area contributed by atoms with Crippen molar-refractivity contribution in [3.8, 4) is 5.75 Å². The van der Waals surface area contributed by atoms with Gasteiger partial charge < -0.3 is 15.4 Å². The van der Waals surface area contributed by atoms with Crippen LogP contribution >= 0.6 is 11.6 Å². The summed E-state index contributed by atoms with van der Waals surface area (Å²) in [7, 11) is 0. The Morgan fingerprint density at radius 3 is 2.77 bits per heavy atom. The quantitative estimate of drug-likeness (QED) is 0.309. The summed E-state index contributed by atoms with van der Waals surface area (Å²) < 4.78 is 19.8. The molecule has 2 saturated carbocycles. The monoisotopic (exact) mass is 564 g/mol. The van der Waals surface area contributed by atoms with Crippen molar-refractivity contribution in [3.63, 3.8) is 0 Å². The SMILES string of the molecule is CC1CN(C2CC2)CCN1CC=CC(=O)Nc1cc2c(Nc3ccc(F)c(Cl)c3)ncnc2cc1OCC1CC1. The van der Waals surface area contributed by atoms with Crippen molar-refractivity contribution in [1.29, 1.82) is 0 Å². The van der Waals surface area contributed by atoms with Crippen LogP contribution in [-0.4, -0.2) is 70.5 Å². The smallest absolute Gasteiger partial charge is 0.248 e. The van der Waals surface area contributed by atoms with Gasteiger partial charge in [0.2, 0.25) is 5.91 Å². The van der Waals surface area contributed by atoms with Gasteiger partial charge in [-0.2, -0.15) is 0 Å². The summed E-state index contributed by atoms with van der Waals surface area (Å²) >= 11 is 5.96. The number of amides is 1. The molecule has 1 amide bonds. The lowest BCUT2D eigenvalue weighted by molar-refractivity contribution is -0.111. The molecule has 1 aromatic heterocycles. The van der Waals surface area contributed by atoms with Gasteiger partial charge in [-0.15, -0.1) is 0 Å². The molecule has 40 heavy (non-hydrogen) atoms. The predicted octanol–water partition coefficient (Wildman–Crippen LogP) is 5.62. The number of anilines is 3. The first-order chi connectivity index (χ1) is 19.4. The summed E-state index contributed by atoms with van der Waals surface area (Å²) in [6.45, 7) is 6.79. The maximum absolute atomic E-state index is 13.7. The predicted molar refractivity (Wildman–Crippen MR) is 156 cm³/mol.